The van der Waals surface area contributed by atoms with Crippen LogP contribution in [0, 0.1) is 11.8 Å². The molecule has 0 bridgehead atoms. The van der Waals surface area contributed by atoms with Gasteiger partial charge in [-0.25, -0.2) is 0 Å². The first kappa shape index (κ1) is 13.1. The van der Waals surface area contributed by atoms with E-state index >= 15 is 0 Å². The van der Waals surface area contributed by atoms with Gasteiger partial charge in [-0.3, -0.25) is 4.79 Å². The fraction of sp³-hybridized carbons (Fsp3) is 0.357. The van der Waals surface area contributed by atoms with Crippen molar-refractivity contribution < 1.29 is 9.53 Å². The predicted molar refractivity (Wildman–Crippen MR) is 67.8 cm³/mol. The number of hydrogen-bond acceptors (Lipinski definition) is 2. The lowest BCUT2D eigenvalue weighted by Crippen LogP contribution is -2.20. The van der Waals surface area contributed by atoms with Gasteiger partial charge in [-0.2, -0.15) is 0 Å². The molecule has 0 fully saturated rings. The zero-order valence-corrected chi connectivity index (χ0v) is 10.2. The second-order valence-electron chi connectivity index (χ2n) is 3.49. The summed E-state index contributed by atoms with van der Waals surface area (Å²) < 4.78 is 5.33. The fourth-order valence-corrected chi connectivity index (χ4v) is 1.27. The zero-order chi connectivity index (χ0) is 12.5. The molecule has 3 heteroatoms. The Balaban J connectivity index is 2.40. The lowest BCUT2D eigenvalue weighted by molar-refractivity contribution is -0.118. The molecule has 0 spiro atoms. The minimum Gasteiger partial charge on any atom is -0.494 e. The van der Waals surface area contributed by atoms with E-state index < -0.39 is 0 Å². The van der Waals surface area contributed by atoms with Gasteiger partial charge in [0.15, 0.2) is 0 Å². The van der Waals surface area contributed by atoms with Gasteiger partial charge < -0.3 is 10.1 Å². The largest absolute Gasteiger partial charge is 0.494 e. The zero-order valence-electron chi connectivity index (χ0n) is 10.2. The Morgan fingerprint density at radius 1 is 1.35 bits per heavy atom. The Hall–Kier alpha value is -1.95. The van der Waals surface area contributed by atoms with E-state index in [0.29, 0.717) is 19.6 Å². The maximum absolute atomic E-state index is 10.6. The van der Waals surface area contributed by atoms with Gasteiger partial charge >= 0.3 is 0 Å². The van der Waals surface area contributed by atoms with E-state index in [1.165, 1.54) is 6.92 Å². The monoisotopic (exact) mass is 231 g/mol. The molecule has 90 valence electrons. The number of ether oxygens (including phenoxy) is 1. The van der Waals surface area contributed by atoms with E-state index in [1.807, 2.05) is 31.2 Å². The highest BCUT2D eigenvalue weighted by molar-refractivity contribution is 5.72. The van der Waals surface area contributed by atoms with Crippen molar-refractivity contribution in [3.05, 3.63) is 29.8 Å². The van der Waals surface area contributed by atoms with Gasteiger partial charge in [0.2, 0.25) is 5.91 Å². The van der Waals surface area contributed by atoms with Gasteiger partial charge in [0.25, 0.3) is 0 Å². The van der Waals surface area contributed by atoms with E-state index in [9.17, 15) is 4.79 Å². The van der Waals surface area contributed by atoms with Crippen molar-refractivity contribution in [2.75, 3.05) is 13.2 Å². The van der Waals surface area contributed by atoms with E-state index in [0.717, 1.165) is 11.3 Å². The summed E-state index contributed by atoms with van der Waals surface area (Å²) in [5.41, 5.74) is 0.955. The third-order valence-electron chi connectivity index (χ3n) is 2.02. The second-order valence-corrected chi connectivity index (χ2v) is 3.49. The molecule has 0 aliphatic rings. The van der Waals surface area contributed by atoms with Crippen LogP contribution in [0.4, 0.5) is 0 Å². The lowest BCUT2D eigenvalue weighted by atomic mass is 10.2. The van der Waals surface area contributed by atoms with Crippen molar-refractivity contribution >= 4 is 5.91 Å². The van der Waals surface area contributed by atoms with Crippen LogP contribution in [0.1, 0.15) is 25.8 Å². The highest BCUT2D eigenvalue weighted by Crippen LogP contribution is 2.10. The lowest BCUT2D eigenvalue weighted by Gasteiger charge is -2.01. The summed E-state index contributed by atoms with van der Waals surface area (Å²) in [4.78, 5) is 10.6. The molecule has 1 N–H and O–H groups in total. The maximum Gasteiger partial charge on any atom is 0.216 e. The number of carbonyl (C=O) groups excluding carboxylic acids is 1. The molecule has 17 heavy (non-hydrogen) atoms. The van der Waals surface area contributed by atoms with Gasteiger partial charge in [0.1, 0.15) is 5.75 Å². The molecule has 3 nitrogen and oxygen atoms in total. The number of nitrogens with one attached hydrogen (secondary N) is 1. The van der Waals surface area contributed by atoms with Gasteiger partial charge in [0, 0.05) is 25.5 Å². The summed E-state index contributed by atoms with van der Waals surface area (Å²) >= 11 is 0. The SMILES string of the molecule is CCOc1ccc(C#CCCNC(C)=O)cc1. The topological polar surface area (TPSA) is 38.3 Å². The van der Waals surface area contributed by atoms with Gasteiger partial charge in [-0.1, -0.05) is 11.8 Å². The molecule has 0 aromatic heterocycles. The van der Waals surface area contributed by atoms with Crippen LogP contribution in [0.5, 0.6) is 5.75 Å². The molecular formula is C14H17NO2. The molecule has 0 saturated carbocycles. The third kappa shape index (κ3) is 5.62. The highest BCUT2D eigenvalue weighted by atomic mass is 16.5. The molecule has 0 aliphatic carbocycles. The normalized spacial score (nSPS) is 9.06. The fourth-order valence-electron chi connectivity index (χ4n) is 1.27. The van der Waals surface area contributed by atoms with Crippen molar-refractivity contribution in [2.24, 2.45) is 0 Å². The van der Waals surface area contributed by atoms with Gasteiger partial charge in [-0.05, 0) is 31.2 Å². The molecular weight excluding hydrogens is 214 g/mol. The molecule has 1 rings (SSSR count). The Kier molecular flexibility index (Phi) is 5.67. The van der Waals surface area contributed by atoms with Crippen LogP contribution in [0.15, 0.2) is 24.3 Å². The molecule has 0 atom stereocenters. The van der Waals surface area contributed by atoms with Crippen LogP contribution < -0.4 is 10.1 Å². The van der Waals surface area contributed by atoms with Crippen LogP contribution in [0.2, 0.25) is 0 Å². The Bertz CT molecular complexity index is 412. The van der Waals surface area contributed by atoms with Gasteiger partial charge in [-0.15, -0.1) is 0 Å². The molecule has 1 amide bonds. The van der Waals surface area contributed by atoms with E-state index in [1.54, 1.807) is 0 Å². The summed E-state index contributed by atoms with van der Waals surface area (Å²) in [6, 6.07) is 7.66. The molecule has 0 heterocycles. The quantitative estimate of drug-likeness (QED) is 0.635. The minimum atomic E-state index is -0.0205. The third-order valence-corrected chi connectivity index (χ3v) is 2.02. The molecule has 0 saturated heterocycles. The standard InChI is InChI=1S/C14H17NO2/c1-3-17-14-9-7-13(8-10-14)6-4-5-11-15-12(2)16/h7-10H,3,5,11H2,1-2H3,(H,15,16). The number of rotatable bonds is 4. The highest BCUT2D eigenvalue weighted by Gasteiger charge is 1.91. The van der Waals surface area contributed by atoms with Crippen molar-refractivity contribution in [1.82, 2.24) is 5.32 Å². The van der Waals surface area contributed by atoms with Gasteiger partial charge in [0.05, 0.1) is 6.61 Å². The molecule has 1 aromatic rings. The van der Waals surface area contributed by atoms with Crippen molar-refractivity contribution in [3.8, 4) is 17.6 Å². The first-order valence-electron chi connectivity index (χ1n) is 5.68. The first-order valence-corrected chi connectivity index (χ1v) is 5.68. The number of benzene rings is 1. The Labute approximate surface area is 102 Å². The predicted octanol–water partition coefficient (Wildman–Crippen LogP) is 1.96. The average molecular weight is 231 g/mol. The van der Waals surface area contributed by atoms with Crippen molar-refractivity contribution in [2.45, 2.75) is 20.3 Å². The summed E-state index contributed by atoms with van der Waals surface area (Å²) in [6.45, 7) is 4.72. The minimum absolute atomic E-state index is 0.0205. The van der Waals surface area contributed by atoms with E-state index in [-0.39, 0.29) is 5.91 Å². The molecule has 0 radical (unpaired) electrons. The summed E-state index contributed by atoms with van der Waals surface area (Å²) in [6.07, 6.45) is 0.660. The number of amides is 1. The van der Waals surface area contributed by atoms with Crippen LogP contribution in [0.25, 0.3) is 0 Å². The molecule has 0 unspecified atom stereocenters. The van der Waals surface area contributed by atoms with E-state index in [2.05, 4.69) is 17.2 Å². The van der Waals surface area contributed by atoms with Crippen molar-refractivity contribution in [1.29, 1.82) is 0 Å². The summed E-state index contributed by atoms with van der Waals surface area (Å²) in [5, 5.41) is 2.70. The number of hydrogen-bond donors (Lipinski definition) is 1. The second kappa shape index (κ2) is 7.34. The Morgan fingerprint density at radius 3 is 2.65 bits per heavy atom. The van der Waals surface area contributed by atoms with Crippen molar-refractivity contribution in [3.63, 3.8) is 0 Å². The van der Waals surface area contributed by atoms with Crippen LogP contribution >= 0.6 is 0 Å². The van der Waals surface area contributed by atoms with Crippen LogP contribution in [-0.2, 0) is 4.79 Å². The summed E-state index contributed by atoms with van der Waals surface area (Å²) in [5.74, 6) is 6.87. The van der Waals surface area contributed by atoms with Crippen LogP contribution in [0.3, 0.4) is 0 Å². The smallest absolute Gasteiger partial charge is 0.216 e. The first-order chi connectivity index (χ1) is 8.22. The number of carbonyl (C=O) groups is 1. The summed E-state index contributed by atoms with van der Waals surface area (Å²) in [7, 11) is 0. The molecule has 0 aliphatic heterocycles. The molecule has 1 aromatic carbocycles. The maximum atomic E-state index is 10.6. The average Bonchev–Trinajstić information content (AvgIpc) is 2.31. The van der Waals surface area contributed by atoms with E-state index in [4.69, 9.17) is 4.74 Å². The van der Waals surface area contributed by atoms with Crippen LogP contribution in [-0.4, -0.2) is 19.1 Å². The Morgan fingerprint density at radius 2 is 2.06 bits per heavy atom.